The summed E-state index contributed by atoms with van der Waals surface area (Å²) < 4.78 is 13.7. The molecule has 0 radical (unpaired) electrons. The number of fused-ring (bicyclic) bond motifs is 1. The Hall–Kier alpha value is -2.94. The number of carbonyl (C=O) groups is 1. The minimum absolute atomic E-state index is 0.165. The highest BCUT2D eigenvalue weighted by Crippen LogP contribution is 2.22. The molecular formula is C17H21N5O4. The normalized spacial score (nSPS) is 11.2. The third-order valence-corrected chi connectivity index (χ3v) is 4.27. The number of hydrogen-bond donors (Lipinski definition) is 0. The van der Waals surface area contributed by atoms with Gasteiger partial charge in [-0.2, -0.15) is 5.10 Å². The van der Waals surface area contributed by atoms with Crippen molar-refractivity contribution in [2.75, 3.05) is 20.8 Å². The number of hydrogen-bond acceptors (Lipinski definition) is 6. The van der Waals surface area contributed by atoms with Crippen molar-refractivity contribution in [2.24, 2.45) is 7.05 Å². The summed E-state index contributed by atoms with van der Waals surface area (Å²) in [5, 5.41) is 4.30. The summed E-state index contributed by atoms with van der Waals surface area (Å²) in [6, 6.07) is 1.84. The standard InChI is InChI=1S/C17H21N5O4/c1-11-13(16(23)20(2)9-12-5-6-19-21(12)3)14-15(26-11)18-10-22(17(14)24)7-8-25-4/h5-6,10H,7-9H2,1-4H3. The molecule has 3 aromatic rings. The van der Waals surface area contributed by atoms with Crippen LogP contribution in [-0.2, 0) is 24.9 Å². The van der Waals surface area contributed by atoms with Crippen LogP contribution in [0.4, 0.5) is 0 Å². The third-order valence-electron chi connectivity index (χ3n) is 4.27. The molecule has 0 atom stereocenters. The Balaban J connectivity index is 2.00. The van der Waals surface area contributed by atoms with Crippen molar-refractivity contribution < 1.29 is 13.9 Å². The quantitative estimate of drug-likeness (QED) is 0.650. The Morgan fingerprint density at radius 2 is 2.19 bits per heavy atom. The van der Waals surface area contributed by atoms with E-state index in [0.717, 1.165) is 5.69 Å². The first kappa shape index (κ1) is 17.9. The van der Waals surface area contributed by atoms with Gasteiger partial charge >= 0.3 is 0 Å². The summed E-state index contributed by atoms with van der Waals surface area (Å²) in [4.78, 5) is 31.5. The zero-order chi connectivity index (χ0) is 18.8. The number of carbonyl (C=O) groups excluding carboxylic acids is 1. The van der Waals surface area contributed by atoms with Gasteiger partial charge in [0, 0.05) is 27.4 Å². The van der Waals surface area contributed by atoms with Gasteiger partial charge in [0.2, 0.25) is 5.71 Å². The first-order valence-electron chi connectivity index (χ1n) is 8.13. The summed E-state index contributed by atoms with van der Waals surface area (Å²) in [7, 11) is 5.04. The number of furan rings is 1. The van der Waals surface area contributed by atoms with Crippen LogP contribution in [0.5, 0.6) is 0 Å². The lowest BCUT2D eigenvalue weighted by atomic mass is 10.1. The summed E-state index contributed by atoms with van der Waals surface area (Å²) in [5.41, 5.74) is 0.968. The molecule has 0 saturated carbocycles. The van der Waals surface area contributed by atoms with Crippen LogP contribution in [0.1, 0.15) is 21.8 Å². The summed E-state index contributed by atoms with van der Waals surface area (Å²) in [6.45, 7) is 2.74. The summed E-state index contributed by atoms with van der Waals surface area (Å²) in [5.74, 6) is 0.0711. The van der Waals surface area contributed by atoms with Crippen molar-refractivity contribution >= 4 is 17.0 Å². The van der Waals surface area contributed by atoms with E-state index in [1.807, 2.05) is 13.1 Å². The van der Waals surface area contributed by atoms with Crippen molar-refractivity contribution in [3.8, 4) is 0 Å². The van der Waals surface area contributed by atoms with Crippen LogP contribution >= 0.6 is 0 Å². The Kier molecular flexibility index (Phi) is 4.90. The fourth-order valence-corrected chi connectivity index (χ4v) is 2.81. The number of methoxy groups -OCH3 is 1. The van der Waals surface area contributed by atoms with Gasteiger partial charge in [0.1, 0.15) is 17.5 Å². The van der Waals surface area contributed by atoms with Crippen molar-refractivity contribution in [2.45, 2.75) is 20.0 Å². The molecule has 0 aliphatic rings. The van der Waals surface area contributed by atoms with Crippen LogP contribution < -0.4 is 5.56 Å². The minimum Gasteiger partial charge on any atom is -0.442 e. The fourth-order valence-electron chi connectivity index (χ4n) is 2.81. The number of aryl methyl sites for hydroxylation is 2. The Labute approximate surface area is 149 Å². The van der Waals surface area contributed by atoms with E-state index in [4.69, 9.17) is 9.15 Å². The molecule has 138 valence electrons. The maximum atomic E-state index is 13.0. The highest BCUT2D eigenvalue weighted by Gasteiger charge is 2.25. The first-order valence-corrected chi connectivity index (χ1v) is 8.13. The largest absolute Gasteiger partial charge is 0.442 e. The topological polar surface area (TPSA) is 95.4 Å². The van der Waals surface area contributed by atoms with Crippen LogP contribution in [0.25, 0.3) is 11.1 Å². The number of amides is 1. The number of nitrogens with zero attached hydrogens (tertiary/aromatic N) is 5. The van der Waals surface area contributed by atoms with E-state index in [0.29, 0.717) is 25.5 Å². The van der Waals surface area contributed by atoms with Gasteiger partial charge in [0.05, 0.1) is 31.0 Å². The zero-order valence-electron chi connectivity index (χ0n) is 15.2. The lowest BCUT2D eigenvalue weighted by molar-refractivity contribution is 0.0782. The van der Waals surface area contributed by atoms with Gasteiger partial charge in [0.25, 0.3) is 11.5 Å². The molecule has 0 spiro atoms. The van der Waals surface area contributed by atoms with Crippen LogP contribution in [0, 0.1) is 6.92 Å². The average molecular weight is 359 g/mol. The number of rotatable bonds is 6. The molecule has 0 aromatic carbocycles. The highest BCUT2D eigenvalue weighted by atomic mass is 16.5. The van der Waals surface area contributed by atoms with Gasteiger partial charge < -0.3 is 14.1 Å². The molecule has 0 aliphatic carbocycles. The maximum Gasteiger partial charge on any atom is 0.265 e. The smallest absolute Gasteiger partial charge is 0.265 e. The molecule has 0 fully saturated rings. The van der Waals surface area contributed by atoms with E-state index in [2.05, 4.69) is 10.1 Å². The number of aromatic nitrogens is 4. The van der Waals surface area contributed by atoms with Crippen molar-refractivity contribution in [3.63, 3.8) is 0 Å². The molecule has 9 heteroatoms. The van der Waals surface area contributed by atoms with E-state index in [1.54, 1.807) is 32.0 Å². The first-order chi connectivity index (χ1) is 12.4. The van der Waals surface area contributed by atoms with Crippen LogP contribution in [-0.4, -0.2) is 50.9 Å². The van der Waals surface area contributed by atoms with E-state index < -0.39 is 0 Å². The van der Waals surface area contributed by atoms with E-state index >= 15 is 0 Å². The SMILES string of the molecule is COCCn1cnc2oc(C)c(C(=O)N(C)Cc3ccnn3C)c2c1=O. The van der Waals surface area contributed by atoms with Gasteiger partial charge in [-0.15, -0.1) is 0 Å². The van der Waals surface area contributed by atoms with Gasteiger partial charge in [-0.25, -0.2) is 4.98 Å². The molecule has 3 rings (SSSR count). The Morgan fingerprint density at radius 3 is 2.85 bits per heavy atom. The zero-order valence-corrected chi connectivity index (χ0v) is 15.2. The molecule has 9 nitrogen and oxygen atoms in total. The van der Waals surface area contributed by atoms with Crippen molar-refractivity contribution in [3.05, 3.63) is 46.0 Å². The molecule has 0 unspecified atom stereocenters. The molecule has 26 heavy (non-hydrogen) atoms. The second kappa shape index (κ2) is 7.12. The lowest BCUT2D eigenvalue weighted by Crippen LogP contribution is -2.29. The van der Waals surface area contributed by atoms with Gasteiger partial charge in [-0.05, 0) is 13.0 Å². The van der Waals surface area contributed by atoms with Crippen molar-refractivity contribution in [1.29, 1.82) is 0 Å². The molecule has 1 amide bonds. The summed E-state index contributed by atoms with van der Waals surface area (Å²) in [6.07, 6.45) is 3.07. The number of ether oxygens (including phenoxy) is 1. The molecular weight excluding hydrogens is 338 g/mol. The second-order valence-electron chi connectivity index (χ2n) is 6.06. The third kappa shape index (κ3) is 3.13. The second-order valence-corrected chi connectivity index (χ2v) is 6.06. The van der Waals surface area contributed by atoms with Crippen LogP contribution in [0.15, 0.2) is 27.8 Å². The Bertz CT molecular complexity index is 1000. The van der Waals surface area contributed by atoms with Crippen molar-refractivity contribution in [1.82, 2.24) is 24.2 Å². The molecule has 0 aliphatic heterocycles. The molecule has 0 bridgehead atoms. The predicted octanol–water partition coefficient (Wildman–Crippen LogP) is 0.950. The van der Waals surface area contributed by atoms with E-state index in [-0.39, 0.29) is 28.1 Å². The molecule has 3 heterocycles. The fraction of sp³-hybridized carbons (Fsp3) is 0.412. The van der Waals surface area contributed by atoms with Crippen LogP contribution in [0.2, 0.25) is 0 Å². The molecule has 3 aromatic heterocycles. The predicted molar refractivity (Wildman–Crippen MR) is 93.9 cm³/mol. The lowest BCUT2D eigenvalue weighted by Gasteiger charge is -2.17. The van der Waals surface area contributed by atoms with Crippen LogP contribution in [0.3, 0.4) is 0 Å². The van der Waals surface area contributed by atoms with Gasteiger partial charge in [0.15, 0.2) is 0 Å². The monoisotopic (exact) mass is 359 g/mol. The Morgan fingerprint density at radius 1 is 1.42 bits per heavy atom. The molecule has 0 saturated heterocycles. The maximum absolute atomic E-state index is 13.0. The molecule has 0 N–H and O–H groups in total. The van der Waals surface area contributed by atoms with E-state index in [1.165, 1.54) is 15.8 Å². The van der Waals surface area contributed by atoms with Gasteiger partial charge in [-0.3, -0.25) is 18.8 Å². The minimum atomic E-state index is -0.318. The average Bonchev–Trinajstić information content (AvgIpc) is 3.16. The summed E-state index contributed by atoms with van der Waals surface area (Å²) >= 11 is 0. The highest BCUT2D eigenvalue weighted by molar-refractivity contribution is 6.06. The van der Waals surface area contributed by atoms with Gasteiger partial charge in [-0.1, -0.05) is 0 Å². The van der Waals surface area contributed by atoms with E-state index in [9.17, 15) is 9.59 Å².